The van der Waals surface area contributed by atoms with Gasteiger partial charge in [0.1, 0.15) is 6.04 Å². The van der Waals surface area contributed by atoms with Crippen molar-refractivity contribution in [2.45, 2.75) is 52.6 Å². The van der Waals surface area contributed by atoms with Gasteiger partial charge >= 0.3 is 6.03 Å². The molecule has 0 aliphatic carbocycles. The lowest BCUT2D eigenvalue weighted by atomic mass is 9.98. The molecule has 8 nitrogen and oxygen atoms in total. The van der Waals surface area contributed by atoms with Crippen molar-refractivity contribution in [2.24, 2.45) is 5.92 Å². The van der Waals surface area contributed by atoms with Gasteiger partial charge in [-0.25, -0.2) is 18.2 Å². The van der Waals surface area contributed by atoms with Gasteiger partial charge in [0.2, 0.25) is 5.91 Å². The first-order valence-corrected chi connectivity index (χ1v) is 11.3. The van der Waals surface area contributed by atoms with E-state index in [1.54, 1.807) is 0 Å². The van der Waals surface area contributed by atoms with Gasteiger partial charge < -0.3 is 16.0 Å². The Balaban J connectivity index is 1.99. The van der Waals surface area contributed by atoms with Crippen molar-refractivity contribution >= 4 is 38.2 Å². The van der Waals surface area contributed by atoms with Crippen LogP contribution in [0.4, 0.5) is 9.93 Å². The molecule has 10 heteroatoms. The zero-order chi connectivity index (χ0) is 19.5. The Hall–Kier alpha value is -1.68. The molecule has 1 aromatic rings. The Bertz CT molecular complexity index is 756. The topological polar surface area (TPSA) is 117 Å². The van der Waals surface area contributed by atoms with Gasteiger partial charge in [-0.05, 0) is 26.2 Å². The number of aryl methyl sites for hydroxylation is 2. The van der Waals surface area contributed by atoms with Crippen LogP contribution >= 0.6 is 11.3 Å². The van der Waals surface area contributed by atoms with Crippen LogP contribution in [-0.4, -0.2) is 48.9 Å². The molecule has 0 bridgehead atoms. The van der Waals surface area contributed by atoms with Gasteiger partial charge in [0.25, 0.3) is 0 Å². The average Bonchev–Trinajstić information content (AvgIpc) is 3.05. The fraction of sp³-hybridized carbons (Fsp3) is 0.688. The van der Waals surface area contributed by atoms with E-state index < -0.39 is 28.0 Å². The van der Waals surface area contributed by atoms with Crippen molar-refractivity contribution in [1.82, 2.24) is 15.6 Å². The normalized spacial score (nSPS) is 21.0. The first kappa shape index (κ1) is 20.6. The van der Waals surface area contributed by atoms with Gasteiger partial charge in [0, 0.05) is 10.9 Å². The molecule has 0 radical (unpaired) electrons. The molecule has 0 aromatic carbocycles. The van der Waals surface area contributed by atoms with E-state index >= 15 is 0 Å². The van der Waals surface area contributed by atoms with Gasteiger partial charge in [0.05, 0.1) is 17.2 Å². The van der Waals surface area contributed by atoms with E-state index in [-0.39, 0.29) is 23.3 Å². The van der Waals surface area contributed by atoms with Crippen molar-refractivity contribution < 1.29 is 18.0 Å². The van der Waals surface area contributed by atoms with Gasteiger partial charge in [-0.15, -0.1) is 11.3 Å². The number of hydrogen-bond donors (Lipinski definition) is 3. The maximum absolute atomic E-state index is 12.6. The Morgan fingerprint density at radius 2 is 2.04 bits per heavy atom. The van der Waals surface area contributed by atoms with Crippen molar-refractivity contribution in [3.8, 4) is 0 Å². The van der Waals surface area contributed by atoms with Gasteiger partial charge in [-0.1, -0.05) is 20.3 Å². The van der Waals surface area contributed by atoms with Crippen molar-refractivity contribution in [1.29, 1.82) is 0 Å². The van der Waals surface area contributed by atoms with Crippen LogP contribution < -0.4 is 16.0 Å². The molecule has 0 unspecified atom stereocenters. The van der Waals surface area contributed by atoms with Crippen LogP contribution in [0.1, 0.15) is 37.3 Å². The Kier molecular flexibility index (Phi) is 6.62. The highest BCUT2D eigenvalue weighted by Gasteiger charge is 2.31. The summed E-state index contributed by atoms with van der Waals surface area (Å²) in [5.74, 6) is -0.397. The molecule has 1 fully saturated rings. The quantitative estimate of drug-likeness (QED) is 0.668. The summed E-state index contributed by atoms with van der Waals surface area (Å²) >= 11 is 1.39. The summed E-state index contributed by atoms with van der Waals surface area (Å²) in [6.45, 7) is 7.61. The third-order valence-corrected chi connectivity index (χ3v) is 7.36. The number of thiazole rings is 1. The lowest BCUT2D eigenvalue weighted by molar-refractivity contribution is -0.119. The number of carbonyl (C=O) groups excluding carboxylic acids is 2. The van der Waals surface area contributed by atoms with Crippen LogP contribution in [-0.2, 0) is 14.6 Å². The number of anilines is 1. The molecule has 3 N–H and O–H groups in total. The van der Waals surface area contributed by atoms with Crippen LogP contribution in [0.2, 0.25) is 0 Å². The van der Waals surface area contributed by atoms with Crippen LogP contribution in [0.5, 0.6) is 0 Å². The summed E-state index contributed by atoms with van der Waals surface area (Å²) in [4.78, 5) is 30.2. The molecule has 26 heavy (non-hydrogen) atoms. The molecular formula is C16H26N4O4S2. The monoisotopic (exact) mass is 402 g/mol. The second-order valence-electron chi connectivity index (χ2n) is 6.73. The minimum Gasteiger partial charge on any atom is -0.334 e. The second-order valence-corrected chi connectivity index (χ2v) is 10.2. The van der Waals surface area contributed by atoms with Crippen LogP contribution in [0.25, 0.3) is 0 Å². The van der Waals surface area contributed by atoms with Crippen LogP contribution in [0.3, 0.4) is 0 Å². The molecule has 146 valence electrons. The molecule has 1 aliphatic rings. The van der Waals surface area contributed by atoms with E-state index in [0.717, 1.165) is 10.6 Å². The number of aromatic nitrogens is 1. The summed E-state index contributed by atoms with van der Waals surface area (Å²) in [5, 5.41) is 8.60. The van der Waals surface area contributed by atoms with E-state index in [1.807, 2.05) is 27.7 Å². The first-order chi connectivity index (χ1) is 12.1. The zero-order valence-corrected chi connectivity index (χ0v) is 17.1. The second kappa shape index (κ2) is 8.34. The molecule has 1 aromatic heterocycles. The predicted octanol–water partition coefficient (Wildman–Crippen LogP) is 1.60. The minimum absolute atomic E-state index is 0.0573. The Labute approximate surface area is 158 Å². The molecule has 3 amide bonds. The van der Waals surface area contributed by atoms with E-state index in [2.05, 4.69) is 20.9 Å². The molecule has 2 heterocycles. The largest absolute Gasteiger partial charge is 0.334 e. The molecule has 3 atom stereocenters. The fourth-order valence-corrected chi connectivity index (χ4v) is 5.18. The third-order valence-electron chi connectivity index (χ3n) is 4.61. The molecule has 2 rings (SSSR count). The molecule has 0 saturated carbocycles. The molecule has 0 spiro atoms. The standard InChI is InChI=1S/C16H26N4O4S2/c1-5-9(2)13(14(21)20-16-17-10(3)11(4)25-16)19-15(22)18-12-6-7-26(23,24)8-12/h9,12-13H,5-8H2,1-4H3,(H,17,20,21)(H2,18,19,22)/t9-,12-,13+/m1/s1. The number of hydrogen-bond acceptors (Lipinski definition) is 6. The molecular weight excluding hydrogens is 376 g/mol. The van der Waals surface area contributed by atoms with Crippen molar-refractivity contribution in [2.75, 3.05) is 16.8 Å². The summed E-state index contributed by atoms with van der Waals surface area (Å²) in [5.41, 5.74) is 0.860. The fourth-order valence-electron chi connectivity index (χ4n) is 2.69. The summed E-state index contributed by atoms with van der Waals surface area (Å²) in [7, 11) is -3.08. The Morgan fingerprint density at radius 1 is 1.35 bits per heavy atom. The minimum atomic E-state index is -3.08. The number of nitrogens with one attached hydrogen (secondary N) is 3. The lowest BCUT2D eigenvalue weighted by Crippen LogP contribution is -2.53. The number of nitrogens with zero attached hydrogens (tertiary/aromatic N) is 1. The summed E-state index contributed by atoms with van der Waals surface area (Å²) in [6.07, 6.45) is 1.10. The summed E-state index contributed by atoms with van der Waals surface area (Å²) < 4.78 is 23.0. The number of rotatable bonds is 6. The SMILES string of the molecule is CC[C@@H](C)[C@H](NC(=O)N[C@@H]1CCS(=O)(=O)C1)C(=O)Nc1nc(C)c(C)s1. The van der Waals surface area contributed by atoms with Gasteiger partial charge in [-0.2, -0.15) is 0 Å². The highest BCUT2D eigenvalue weighted by Crippen LogP contribution is 2.22. The first-order valence-electron chi connectivity index (χ1n) is 8.63. The lowest BCUT2D eigenvalue weighted by Gasteiger charge is -2.24. The smallest absolute Gasteiger partial charge is 0.315 e. The maximum atomic E-state index is 12.6. The third kappa shape index (κ3) is 5.41. The number of amides is 3. The average molecular weight is 403 g/mol. The van der Waals surface area contributed by atoms with Gasteiger partial charge in [-0.3, -0.25) is 4.79 Å². The van der Waals surface area contributed by atoms with Crippen molar-refractivity contribution in [3.63, 3.8) is 0 Å². The van der Waals surface area contributed by atoms with Crippen LogP contribution in [0, 0.1) is 19.8 Å². The number of sulfone groups is 1. The summed E-state index contributed by atoms with van der Waals surface area (Å²) in [6, 6.07) is -1.67. The zero-order valence-electron chi connectivity index (χ0n) is 15.5. The van der Waals surface area contributed by atoms with Gasteiger partial charge in [0.15, 0.2) is 15.0 Å². The van der Waals surface area contributed by atoms with E-state index in [0.29, 0.717) is 18.0 Å². The van der Waals surface area contributed by atoms with Crippen LogP contribution in [0.15, 0.2) is 0 Å². The number of carbonyl (C=O) groups is 2. The number of urea groups is 1. The highest BCUT2D eigenvalue weighted by atomic mass is 32.2. The Morgan fingerprint density at radius 3 is 2.54 bits per heavy atom. The van der Waals surface area contributed by atoms with E-state index in [4.69, 9.17) is 0 Å². The van der Waals surface area contributed by atoms with E-state index in [9.17, 15) is 18.0 Å². The highest BCUT2D eigenvalue weighted by molar-refractivity contribution is 7.91. The maximum Gasteiger partial charge on any atom is 0.315 e. The van der Waals surface area contributed by atoms with E-state index in [1.165, 1.54) is 11.3 Å². The van der Waals surface area contributed by atoms with Crippen molar-refractivity contribution in [3.05, 3.63) is 10.6 Å². The molecule has 1 aliphatic heterocycles. The predicted molar refractivity (Wildman–Crippen MR) is 102 cm³/mol. The molecule has 1 saturated heterocycles.